The lowest BCUT2D eigenvalue weighted by Crippen LogP contribution is -2.30. The first-order valence-corrected chi connectivity index (χ1v) is 11.4. The second kappa shape index (κ2) is 10.0. The van der Waals surface area contributed by atoms with Crippen molar-refractivity contribution < 1.29 is 4.79 Å². The molecule has 0 aliphatic carbocycles. The molecule has 4 nitrogen and oxygen atoms in total. The molecule has 4 aromatic carbocycles. The number of imidazole rings is 1. The van der Waals surface area contributed by atoms with Gasteiger partial charge >= 0.3 is 0 Å². The van der Waals surface area contributed by atoms with Gasteiger partial charge in [0, 0.05) is 11.1 Å². The van der Waals surface area contributed by atoms with E-state index in [9.17, 15) is 4.79 Å². The van der Waals surface area contributed by atoms with Crippen LogP contribution in [0.2, 0.25) is 0 Å². The molecule has 5 rings (SSSR count). The summed E-state index contributed by atoms with van der Waals surface area (Å²) in [4.78, 5) is 21.8. The Morgan fingerprint density at radius 3 is 1.85 bits per heavy atom. The predicted molar refractivity (Wildman–Crippen MR) is 136 cm³/mol. The molecule has 0 aliphatic rings. The highest BCUT2D eigenvalue weighted by Gasteiger charge is 2.23. The molecule has 34 heavy (non-hydrogen) atoms. The average molecular weight is 444 g/mol. The van der Waals surface area contributed by atoms with Crippen molar-refractivity contribution in [2.45, 2.75) is 12.5 Å². The van der Waals surface area contributed by atoms with Gasteiger partial charge in [-0.3, -0.25) is 4.79 Å². The number of aromatic nitrogens is 2. The average Bonchev–Trinajstić information content (AvgIpc) is 3.36. The van der Waals surface area contributed by atoms with E-state index in [-0.39, 0.29) is 11.9 Å². The summed E-state index contributed by atoms with van der Waals surface area (Å²) in [7, 11) is 0. The number of aromatic amines is 1. The summed E-state index contributed by atoms with van der Waals surface area (Å²) in [5, 5.41) is 3.26. The first-order valence-electron chi connectivity index (χ1n) is 11.4. The van der Waals surface area contributed by atoms with Gasteiger partial charge in [-0.1, -0.05) is 121 Å². The Morgan fingerprint density at radius 1 is 0.706 bits per heavy atom. The number of hydrogen-bond acceptors (Lipinski definition) is 2. The molecule has 166 valence electrons. The van der Waals surface area contributed by atoms with Gasteiger partial charge in [0.25, 0.3) is 5.91 Å². The second-order valence-corrected chi connectivity index (χ2v) is 8.17. The summed E-state index contributed by atoms with van der Waals surface area (Å²) in [5.41, 5.74) is 5.15. The number of nitrogens with one attached hydrogen (secondary N) is 2. The van der Waals surface area contributed by atoms with Crippen LogP contribution >= 0.6 is 0 Å². The van der Waals surface area contributed by atoms with E-state index in [1.54, 1.807) is 0 Å². The van der Waals surface area contributed by atoms with E-state index in [0.29, 0.717) is 23.6 Å². The quantitative estimate of drug-likeness (QED) is 0.303. The molecular formula is C30H25N3O. The Morgan fingerprint density at radius 2 is 1.24 bits per heavy atom. The van der Waals surface area contributed by atoms with Gasteiger partial charge in [0.05, 0.1) is 6.04 Å². The highest BCUT2D eigenvalue weighted by atomic mass is 16.2. The second-order valence-electron chi connectivity index (χ2n) is 8.17. The van der Waals surface area contributed by atoms with Crippen molar-refractivity contribution in [1.82, 2.24) is 15.3 Å². The fourth-order valence-corrected chi connectivity index (χ4v) is 4.09. The van der Waals surface area contributed by atoms with E-state index in [2.05, 4.69) is 22.4 Å². The Hall–Kier alpha value is -4.44. The molecule has 2 N–H and O–H groups in total. The lowest BCUT2D eigenvalue weighted by atomic mass is 9.98. The molecule has 1 amide bonds. The number of amides is 1. The van der Waals surface area contributed by atoms with Crippen LogP contribution in [0.15, 0.2) is 121 Å². The van der Waals surface area contributed by atoms with E-state index in [0.717, 1.165) is 22.3 Å². The van der Waals surface area contributed by atoms with Crippen molar-refractivity contribution in [3.63, 3.8) is 0 Å². The fraction of sp³-hybridized carbons (Fsp3) is 0.0667. The van der Waals surface area contributed by atoms with Crippen molar-refractivity contribution in [2.24, 2.45) is 0 Å². The molecule has 1 heterocycles. The van der Waals surface area contributed by atoms with Gasteiger partial charge in [0.2, 0.25) is 0 Å². The molecule has 0 saturated carbocycles. The third-order valence-electron chi connectivity index (χ3n) is 5.82. The smallest absolute Gasteiger partial charge is 0.270 e. The monoisotopic (exact) mass is 443 g/mol. The zero-order valence-corrected chi connectivity index (χ0v) is 18.7. The van der Waals surface area contributed by atoms with Gasteiger partial charge < -0.3 is 10.3 Å². The normalized spacial score (nSPS) is 11.6. The summed E-state index contributed by atoms with van der Waals surface area (Å²) in [6.45, 7) is 0. The Kier molecular flexibility index (Phi) is 6.30. The third-order valence-corrected chi connectivity index (χ3v) is 5.82. The van der Waals surface area contributed by atoms with Crippen molar-refractivity contribution in [3.8, 4) is 22.6 Å². The van der Waals surface area contributed by atoms with E-state index in [4.69, 9.17) is 4.98 Å². The van der Waals surface area contributed by atoms with Crippen LogP contribution in [0.4, 0.5) is 0 Å². The molecule has 0 aliphatic heterocycles. The first-order chi connectivity index (χ1) is 16.8. The Bertz CT molecular complexity index is 1350. The van der Waals surface area contributed by atoms with Crippen LogP contribution < -0.4 is 5.32 Å². The van der Waals surface area contributed by atoms with Crippen molar-refractivity contribution in [2.75, 3.05) is 0 Å². The largest absolute Gasteiger partial charge is 0.344 e. The minimum Gasteiger partial charge on any atom is -0.344 e. The van der Waals surface area contributed by atoms with Crippen LogP contribution in [0.5, 0.6) is 0 Å². The zero-order chi connectivity index (χ0) is 23.2. The Labute approximate surface area is 199 Å². The lowest BCUT2D eigenvalue weighted by molar-refractivity contribution is 0.0932. The molecule has 0 bridgehead atoms. The molecule has 1 atom stereocenters. The minimum atomic E-state index is -0.182. The summed E-state index contributed by atoms with van der Waals surface area (Å²) in [6.07, 6.45) is 0.691. The van der Waals surface area contributed by atoms with Crippen LogP contribution in [0.3, 0.4) is 0 Å². The van der Waals surface area contributed by atoms with Gasteiger partial charge in [-0.05, 0) is 17.5 Å². The SMILES string of the molecule is O=C(NC(Cc1ccccc1)c1ccccc1)c1[nH]c(-c2ccccc2)nc1-c1ccccc1. The molecule has 5 aromatic rings. The van der Waals surface area contributed by atoms with Crippen molar-refractivity contribution >= 4 is 5.91 Å². The molecule has 4 heteroatoms. The number of carbonyl (C=O) groups excluding carboxylic acids is 1. The number of hydrogen-bond donors (Lipinski definition) is 2. The van der Waals surface area contributed by atoms with Crippen LogP contribution in [-0.2, 0) is 6.42 Å². The van der Waals surface area contributed by atoms with Gasteiger partial charge in [0.1, 0.15) is 17.2 Å². The number of benzene rings is 4. The molecule has 0 saturated heterocycles. The third kappa shape index (κ3) is 4.81. The summed E-state index contributed by atoms with van der Waals surface area (Å²) in [6, 6.07) is 39.8. The highest BCUT2D eigenvalue weighted by Crippen LogP contribution is 2.27. The molecule has 0 spiro atoms. The van der Waals surface area contributed by atoms with Gasteiger partial charge in [-0.2, -0.15) is 0 Å². The van der Waals surface area contributed by atoms with Crippen molar-refractivity contribution in [1.29, 1.82) is 0 Å². The van der Waals surface area contributed by atoms with E-state index < -0.39 is 0 Å². The van der Waals surface area contributed by atoms with E-state index >= 15 is 0 Å². The molecular weight excluding hydrogens is 418 g/mol. The first kappa shape index (κ1) is 21.4. The Balaban J connectivity index is 1.51. The molecule has 1 aromatic heterocycles. The van der Waals surface area contributed by atoms with Crippen LogP contribution in [0, 0.1) is 0 Å². The maximum atomic E-state index is 13.7. The number of carbonyl (C=O) groups is 1. The van der Waals surface area contributed by atoms with Crippen LogP contribution in [-0.4, -0.2) is 15.9 Å². The number of rotatable bonds is 7. The molecule has 0 radical (unpaired) electrons. The summed E-state index contributed by atoms with van der Waals surface area (Å²) < 4.78 is 0. The molecule has 1 unspecified atom stereocenters. The lowest BCUT2D eigenvalue weighted by Gasteiger charge is -2.19. The zero-order valence-electron chi connectivity index (χ0n) is 18.7. The van der Waals surface area contributed by atoms with Gasteiger partial charge in [-0.15, -0.1) is 0 Å². The predicted octanol–water partition coefficient (Wildman–Crippen LogP) is 6.46. The maximum absolute atomic E-state index is 13.7. The van der Waals surface area contributed by atoms with Crippen LogP contribution in [0.25, 0.3) is 22.6 Å². The number of nitrogens with zero attached hydrogens (tertiary/aromatic N) is 1. The standard InChI is InChI=1S/C30H25N3O/c34-30(31-26(23-15-7-2-8-16-23)21-22-13-5-1-6-14-22)28-27(24-17-9-3-10-18-24)32-29(33-28)25-19-11-4-12-20-25/h1-20,26H,21H2,(H,31,34)(H,32,33). The fourth-order valence-electron chi connectivity index (χ4n) is 4.09. The van der Waals surface area contributed by atoms with E-state index in [1.165, 1.54) is 0 Å². The van der Waals surface area contributed by atoms with Crippen molar-refractivity contribution in [3.05, 3.63) is 138 Å². The van der Waals surface area contributed by atoms with Gasteiger partial charge in [-0.25, -0.2) is 4.98 Å². The number of H-pyrrole nitrogens is 1. The van der Waals surface area contributed by atoms with Crippen LogP contribution in [0.1, 0.15) is 27.7 Å². The minimum absolute atomic E-state index is 0.178. The topological polar surface area (TPSA) is 57.8 Å². The van der Waals surface area contributed by atoms with Gasteiger partial charge in [0.15, 0.2) is 0 Å². The summed E-state index contributed by atoms with van der Waals surface area (Å²) in [5.74, 6) is 0.488. The summed E-state index contributed by atoms with van der Waals surface area (Å²) >= 11 is 0. The highest BCUT2D eigenvalue weighted by molar-refractivity contribution is 5.99. The molecule has 0 fully saturated rings. The van der Waals surface area contributed by atoms with E-state index in [1.807, 2.05) is 109 Å². The maximum Gasteiger partial charge on any atom is 0.270 e.